The van der Waals surface area contributed by atoms with Crippen LogP contribution >= 0.6 is 0 Å². The highest BCUT2D eigenvalue weighted by Gasteiger charge is 2.02. The predicted octanol–water partition coefficient (Wildman–Crippen LogP) is 1.12. The molecule has 0 unspecified atom stereocenters. The van der Waals surface area contributed by atoms with Gasteiger partial charge in [-0.3, -0.25) is 4.68 Å². The number of hydrogen-bond donors (Lipinski definition) is 2. The topological polar surface area (TPSA) is 76.4 Å². The molecule has 1 heterocycles. The zero-order chi connectivity index (χ0) is 17.9. The molecule has 2 N–H and O–H groups in total. The number of aryl methyl sites for hydroxylation is 1. The molecule has 0 aliphatic carbocycles. The van der Waals surface area contributed by atoms with Gasteiger partial charge in [-0.05, 0) is 31.0 Å². The van der Waals surface area contributed by atoms with Crippen molar-refractivity contribution in [1.29, 1.82) is 0 Å². The second-order valence-electron chi connectivity index (χ2n) is 5.31. The Morgan fingerprint density at radius 3 is 2.76 bits per heavy atom. The van der Waals surface area contributed by atoms with Crippen molar-refractivity contribution in [2.75, 3.05) is 19.7 Å². The summed E-state index contributed by atoms with van der Waals surface area (Å²) in [6.07, 6.45) is 7.59. The van der Waals surface area contributed by atoms with Gasteiger partial charge < -0.3 is 15.4 Å². The molecule has 0 bridgehead atoms. The zero-order valence-corrected chi connectivity index (χ0v) is 14.7. The number of benzene rings is 1. The Labute approximate surface area is 148 Å². The highest BCUT2D eigenvalue weighted by Crippen LogP contribution is 2.12. The lowest BCUT2D eigenvalue weighted by atomic mass is 10.1. The lowest BCUT2D eigenvalue weighted by Gasteiger charge is -2.11. The predicted molar refractivity (Wildman–Crippen MR) is 98.3 cm³/mol. The molecule has 1 aromatic carbocycles. The Hall–Kier alpha value is -3.01. The van der Waals surface area contributed by atoms with E-state index in [1.165, 1.54) is 11.9 Å². The number of aromatic nitrogens is 3. The molecule has 0 atom stereocenters. The van der Waals surface area contributed by atoms with Crippen LogP contribution in [0.15, 0.2) is 35.6 Å². The Morgan fingerprint density at radius 1 is 1.32 bits per heavy atom. The van der Waals surface area contributed by atoms with E-state index in [4.69, 9.17) is 11.2 Å². The van der Waals surface area contributed by atoms with Crippen molar-refractivity contribution in [2.24, 2.45) is 12.0 Å². The summed E-state index contributed by atoms with van der Waals surface area (Å²) >= 11 is 0. The van der Waals surface area contributed by atoms with E-state index in [2.05, 4.69) is 31.6 Å². The number of hydrogen-bond acceptors (Lipinski definition) is 4. The molecule has 1 aromatic heterocycles. The molecule has 7 nitrogen and oxygen atoms in total. The summed E-state index contributed by atoms with van der Waals surface area (Å²) in [5.74, 6) is 4.82. The van der Waals surface area contributed by atoms with Gasteiger partial charge in [0, 0.05) is 20.1 Å². The maximum Gasteiger partial charge on any atom is 0.191 e. The van der Waals surface area contributed by atoms with Crippen LogP contribution in [-0.4, -0.2) is 40.4 Å². The molecular formula is C18H24N6O. The summed E-state index contributed by atoms with van der Waals surface area (Å²) in [6.45, 7) is 4.37. The fourth-order valence-electron chi connectivity index (χ4n) is 2.16. The average molecular weight is 340 g/mol. The van der Waals surface area contributed by atoms with E-state index in [1.54, 1.807) is 4.68 Å². The van der Waals surface area contributed by atoms with Crippen LogP contribution in [0.5, 0.6) is 5.75 Å². The number of nitrogens with zero attached hydrogens (tertiary/aromatic N) is 4. The summed E-state index contributed by atoms with van der Waals surface area (Å²) in [7, 11) is 1.86. The molecule has 0 amide bonds. The van der Waals surface area contributed by atoms with Crippen molar-refractivity contribution in [2.45, 2.75) is 19.9 Å². The largest absolute Gasteiger partial charge is 0.481 e. The summed E-state index contributed by atoms with van der Waals surface area (Å²) in [4.78, 5) is 8.70. The minimum Gasteiger partial charge on any atom is -0.481 e. The van der Waals surface area contributed by atoms with Crippen LogP contribution in [0, 0.1) is 12.3 Å². The molecule has 2 aromatic rings. The molecule has 0 radical (unpaired) electrons. The van der Waals surface area contributed by atoms with E-state index in [-0.39, 0.29) is 6.61 Å². The van der Waals surface area contributed by atoms with E-state index < -0.39 is 0 Å². The van der Waals surface area contributed by atoms with Crippen LogP contribution in [0.4, 0.5) is 0 Å². The first-order valence-corrected chi connectivity index (χ1v) is 8.23. The molecule has 0 aliphatic heterocycles. The average Bonchev–Trinajstić information content (AvgIpc) is 3.04. The van der Waals surface area contributed by atoms with Crippen LogP contribution in [0.1, 0.15) is 18.3 Å². The van der Waals surface area contributed by atoms with Crippen LogP contribution < -0.4 is 15.4 Å². The summed E-state index contributed by atoms with van der Waals surface area (Å²) in [6, 6.07) is 7.94. The van der Waals surface area contributed by atoms with Gasteiger partial charge in [0.2, 0.25) is 0 Å². The molecule has 132 valence electrons. The van der Waals surface area contributed by atoms with Gasteiger partial charge in [-0.15, -0.1) is 6.42 Å². The maximum absolute atomic E-state index is 5.37. The van der Waals surface area contributed by atoms with Gasteiger partial charge in [0.1, 0.15) is 31.1 Å². The number of guanidine groups is 1. The monoisotopic (exact) mass is 340 g/mol. The van der Waals surface area contributed by atoms with Crippen molar-refractivity contribution >= 4 is 5.96 Å². The smallest absolute Gasteiger partial charge is 0.191 e. The lowest BCUT2D eigenvalue weighted by molar-refractivity contribution is 0.370. The first-order chi connectivity index (χ1) is 12.2. The quantitative estimate of drug-likeness (QED) is 0.428. The first kappa shape index (κ1) is 18.3. The van der Waals surface area contributed by atoms with Crippen molar-refractivity contribution in [3.05, 3.63) is 42.0 Å². The van der Waals surface area contributed by atoms with Gasteiger partial charge in [0.05, 0.1) is 0 Å². The van der Waals surface area contributed by atoms with Gasteiger partial charge in [0.25, 0.3) is 0 Å². The third-order valence-electron chi connectivity index (χ3n) is 3.48. The van der Waals surface area contributed by atoms with Gasteiger partial charge in [-0.2, -0.15) is 5.10 Å². The second kappa shape index (κ2) is 9.98. The molecule has 7 heteroatoms. The molecule has 2 rings (SSSR count). The summed E-state index contributed by atoms with van der Waals surface area (Å²) < 4.78 is 7.09. The Bertz CT molecular complexity index is 714. The maximum atomic E-state index is 5.37. The first-order valence-electron chi connectivity index (χ1n) is 8.23. The SMILES string of the molecule is C#CCOc1ccc(CCNC(=NCc2ncnn2C)NCC)cc1. The fraction of sp³-hybridized carbons (Fsp3) is 0.389. The van der Waals surface area contributed by atoms with E-state index >= 15 is 0 Å². The normalized spacial score (nSPS) is 11.0. The van der Waals surface area contributed by atoms with Crippen LogP contribution in [0.25, 0.3) is 0 Å². The molecule has 0 saturated carbocycles. The van der Waals surface area contributed by atoms with Crippen molar-refractivity contribution < 1.29 is 4.74 Å². The lowest BCUT2D eigenvalue weighted by Crippen LogP contribution is -2.38. The highest BCUT2D eigenvalue weighted by molar-refractivity contribution is 5.79. The third-order valence-corrected chi connectivity index (χ3v) is 3.48. The highest BCUT2D eigenvalue weighted by atomic mass is 16.5. The van der Waals surface area contributed by atoms with Gasteiger partial charge in [-0.1, -0.05) is 18.1 Å². The zero-order valence-electron chi connectivity index (χ0n) is 14.7. The molecular weight excluding hydrogens is 316 g/mol. The number of rotatable bonds is 8. The van der Waals surface area contributed by atoms with Crippen molar-refractivity contribution in [1.82, 2.24) is 25.4 Å². The molecule has 25 heavy (non-hydrogen) atoms. The Kier molecular flexibility index (Phi) is 7.32. The van der Waals surface area contributed by atoms with Crippen molar-refractivity contribution in [3.63, 3.8) is 0 Å². The number of ether oxygens (including phenoxy) is 1. The van der Waals surface area contributed by atoms with E-state index in [1.807, 2.05) is 38.2 Å². The van der Waals surface area contributed by atoms with E-state index in [0.717, 1.165) is 37.0 Å². The molecule has 0 fully saturated rings. The number of terminal acetylenes is 1. The second-order valence-corrected chi connectivity index (χ2v) is 5.31. The van der Waals surface area contributed by atoms with Crippen LogP contribution in [-0.2, 0) is 20.0 Å². The van der Waals surface area contributed by atoms with Crippen LogP contribution in [0.3, 0.4) is 0 Å². The third kappa shape index (κ3) is 6.18. The van der Waals surface area contributed by atoms with Gasteiger partial charge >= 0.3 is 0 Å². The van der Waals surface area contributed by atoms with Crippen LogP contribution in [0.2, 0.25) is 0 Å². The van der Waals surface area contributed by atoms with E-state index in [9.17, 15) is 0 Å². The number of nitrogens with one attached hydrogen (secondary N) is 2. The molecule has 0 saturated heterocycles. The van der Waals surface area contributed by atoms with E-state index in [0.29, 0.717) is 6.54 Å². The van der Waals surface area contributed by atoms with Gasteiger partial charge in [-0.25, -0.2) is 9.98 Å². The minimum atomic E-state index is 0.287. The number of aliphatic imine (C=N–C) groups is 1. The minimum absolute atomic E-state index is 0.287. The molecule has 0 spiro atoms. The summed E-state index contributed by atoms with van der Waals surface area (Å²) in [5.41, 5.74) is 1.21. The molecule has 0 aliphatic rings. The van der Waals surface area contributed by atoms with Crippen molar-refractivity contribution in [3.8, 4) is 18.1 Å². The van der Waals surface area contributed by atoms with Gasteiger partial charge in [0.15, 0.2) is 5.96 Å². The Balaban J connectivity index is 1.82. The summed E-state index contributed by atoms with van der Waals surface area (Å²) in [5, 5.41) is 10.6. The fourth-order valence-corrected chi connectivity index (χ4v) is 2.16. The standard InChI is InChI=1S/C18H24N6O/c1-4-12-25-16-8-6-15(7-9-16)10-11-20-18(19-5-2)21-13-17-22-14-23-24(17)3/h1,6-9,14H,5,10-13H2,2-3H3,(H2,19,20,21). The Morgan fingerprint density at radius 2 is 2.12 bits per heavy atom.